The molecule has 2 N–H and O–H groups in total. The van der Waals surface area contributed by atoms with Crippen molar-refractivity contribution >= 4 is 51.4 Å². The van der Waals surface area contributed by atoms with Crippen molar-refractivity contribution in [2.24, 2.45) is 0 Å². The third-order valence-corrected chi connectivity index (χ3v) is 4.62. The van der Waals surface area contributed by atoms with Crippen molar-refractivity contribution in [1.82, 2.24) is 15.1 Å². The first-order valence-electron chi connectivity index (χ1n) is 6.75. The zero-order chi connectivity index (χ0) is 16.8. The normalized spacial score (nSPS) is 10.2. The molecule has 2 amide bonds. The minimum absolute atomic E-state index is 0.0303. The maximum atomic E-state index is 11.6. The van der Waals surface area contributed by atoms with E-state index in [0.717, 1.165) is 10.0 Å². The molecular weight excluding hydrogens is 334 g/mol. The average molecular weight is 351 g/mol. The van der Waals surface area contributed by atoms with Gasteiger partial charge in [0, 0.05) is 32.4 Å². The fraction of sp³-hybridized carbons (Fsp3) is 0.286. The smallest absolute Gasteiger partial charge is 0.232 e. The lowest BCUT2D eigenvalue weighted by Crippen LogP contribution is -2.23. The summed E-state index contributed by atoms with van der Waals surface area (Å²) in [6, 6.07) is 7.32. The Kier molecular flexibility index (Phi) is 5.94. The summed E-state index contributed by atoms with van der Waals surface area (Å²) in [6.07, 6.45) is 0. The highest BCUT2D eigenvalue weighted by molar-refractivity contribution is 8.01. The number of rotatable bonds is 6. The molecule has 0 aliphatic carbocycles. The zero-order valence-corrected chi connectivity index (χ0v) is 14.6. The Labute approximate surface area is 142 Å². The second-order valence-electron chi connectivity index (χ2n) is 4.84. The lowest BCUT2D eigenvalue weighted by molar-refractivity contribution is -0.125. The quantitative estimate of drug-likeness (QED) is 0.777. The van der Waals surface area contributed by atoms with Crippen LogP contribution in [0.3, 0.4) is 0 Å². The monoisotopic (exact) mass is 351 g/mol. The largest absolute Gasteiger partial charge is 0.348 e. The summed E-state index contributed by atoms with van der Waals surface area (Å²) in [6.45, 7) is 1.46. The van der Waals surface area contributed by atoms with Gasteiger partial charge in [0.05, 0.1) is 5.75 Å². The summed E-state index contributed by atoms with van der Waals surface area (Å²) in [7, 11) is 3.44. The van der Waals surface area contributed by atoms with Gasteiger partial charge in [0.1, 0.15) is 0 Å². The van der Waals surface area contributed by atoms with Crippen LogP contribution in [-0.4, -0.2) is 46.8 Å². The predicted octanol–water partition coefficient (Wildman–Crippen LogP) is 2.42. The number of thioether (sulfide) groups is 1. The summed E-state index contributed by atoms with van der Waals surface area (Å²) >= 11 is 2.73. The standard InChI is InChI=1S/C14H17N5O2S2/c1-9(20)15-10-5-4-6-11(7-10)16-13-17-18-14(23-13)22-8-12(21)19(2)3/h4-7H,8H2,1-3H3,(H,15,20)(H,16,17). The third-order valence-electron chi connectivity index (χ3n) is 2.66. The van der Waals surface area contributed by atoms with Gasteiger partial charge in [-0.25, -0.2) is 0 Å². The second-order valence-corrected chi connectivity index (χ2v) is 7.04. The number of hydrogen-bond acceptors (Lipinski definition) is 7. The first kappa shape index (κ1) is 17.2. The number of carbonyl (C=O) groups excluding carboxylic acids is 2. The van der Waals surface area contributed by atoms with Gasteiger partial charge in [-0.3, -0.25) is 9.59 Å². The molecule has 0 radical (unpaired) electrons. The van der Waals surface area contributed by atoms with E-state index in [-0.39, 0.29) is 11.8 Å². The van der Waals surface area contributed by atoms with E-state index in [4.69, 9.17) is 0 Å². The van der Waals surface area contributed by atoms with E-state index in [1.807, 2.05) is 18.2 Å². The molecule has 9 heteroatoms. The lowest BCUT2D eigenvalue weighted by atomic mass is 10.3. The number of benzene rings is 1. The minimum atomic E-state index is -0.123. The van der Waals surface area contributed by atoms with E-state index in [1.165, 1.54) is 30.0 Å². The van der Waals surface area contributed by atoms with Crippen LogP contribution >= 0.6 is 23.1 Å². The molecule has 1 heterocycles. The van der Waals surface area contributed by atoms with Crippen molar-refractivity contribution in [3.05, 3.63) is 24.3 Å². The van der Waals surface area contributed by atoms with E-state index in [0.29, 0.717) is 16.6 Å². The highest BCUT2D eigenvalue weighted by atomic mass is 32.2. The summed E-state index contributed by atoms with van der Waals surface area (Å²) in [4.78, 5) is 24.2. The molecule has 0 saturated heterocycles. The molecule has 0 saturated carbocycles. The molecule has 2 rings (SSSR count). The molecule has 0 bridgehead atoms. The number of carbonyl (C=O) groups is 2. The first-order valence-corrected chi connectivity index (χ1v) is 8.55. The molecule has 2 aromatic rings. The van der Waals surface area contributed by atoms with Crippen molar-refractivity contribution in [2.45, 2.75) is 11.3 Å². The molecule has 0 unspecified atom stereocenters. The topological polar surface area (TPSA) is 87.2 Å². The van der Waals surface area contributed by atoms with Crippen LogP contribution in [0, 0.1) is 0 Å². The third kappa shape index (κ3) is 5.53. The van der Waals surface area contributed by atoms with Crippen molar-refractivity contribution in [1.29, 1.82) is 0 Å². The number of aromatic nitrogens is 2. The number of nitrogens with zero attached hydrogens (tertiary/aromatic N) is 3. The van der Waals surface area contributed by atoms with Crippen molar-refractivity contribution in [2.75, 3.05) is 30.5 Å². The van der Waals surface area contributed by atoms with Gasteiger partial charge >= 0.3 is 0 Å². The maximum Gasteiger partial charge on any atom is 0.232 e. The summed E-state index contributed by atoms with van der Waals surface area (Å²) in [5.41, 5.74) is 1.51. The molecule has 122 valence electrons. The Balaban J connectivity index is 1.96. The van der Waals surface area contributed by atoms with Gasteiger partial charge in [0.15, 0.2) is 4.34 Å². The van der Waals surface area contributed by atoms with Crippen LogP contribution in [0.1, 0.15) is 6.92 Å². The summed E-state index contributed by atoms with van der Waals surface area (Å²) in [5.74, 6) is 0.240. The van der Waals surface area contributed by atoms with Gasteiger partial charge < -0.3 is 15.5 Å². The minimum Gasteiger partial charge on any atom is -0.348 e. The average Bonchev–Trinajstić information content (AvgIpc) is 2.91. The van der Waals surface area contributed by atoms with Gasteiger partial charge in [-0.1, -0.05) is 29.2 Å². The van der Waals surface area contributed by atoms with E-state index in [9.17, 15) is 9.59 Å². The van der Waals surface area contributed by atoms with Crippen LogP contribution in [0.15, 0.2) is 28.6 Å². The van der Waals surface area contributed by atoms with Crippen LogP contribution in [-0.2, 0) is 9.59 Å². The van der Waals surface area contributed by atoms with Crippen LogP contribution < -0.4 is 10.6 Å². The molecule has 1 aromatic heterocycles. The number of hydrogen-bond donors (Lipinski definition) is 2. The van der Waals surface area contributed by atoms with Crippen LogP contribution in [0.4, 0.5) is 16.5 Å². The summed E-state index contributed by atoms with van der Waals surface area (Å²) < 4.78 is 0.723. The van der Waals surface area contributed by atoms with Gasteiger partial charge in [-0.2, -0.15) is 0 Å². The van der Waals surface area contributed by atoms with Gasteiger partial charge in [0.25, 0.3) is 0 Å². The molecule has 1 aromatic carbocycles. The van der Waals surface area contributed by atoms with Crippen molar-refractivity contribution < 1.29 is 9.59 Å². The van der Waals surface area contributed by atoms with Gasteiger partial charge in [0.2, 0.25) is 16.9 Å². The van der Waals surface area contributed by atoms with E-state index in [1.54, 1.807) is 25.1 Å². The Bertz CT molecular complexity index is 702. The van der Waals surface area contributed by atoms with Crippen LogP contribution in [0.2, 0.25) is 0 Å². The maximum absolute atomic E-state index is 11.6. The zero-order valence-electron chi connectivity index (χ0n) is 13.0. The van der Waals surface area contributed by atoms with Gasteiger partial charge in [-0.05, 0) is 18.2 Å². The Hall–Kier alpha value is -2.13. The SMILES string of the molecule is CC(=O)Nc1cccc(Nc2nnc(SCC(=O)N(C)C)s2)c1. The van der Waals surface area contributed by atoms with Crippen LogP contribution in [0.5, 0.6) is 0 Å². The Morgan fingerprint density at radius 2 is 2.00 bits per heavy atom. The molecular formula is C14H17N5O2S2. The highest BCUT2D eigenvalue weighted by Crippen LogP contribution is 2.28. The van der Waals surface area contributed by atoms with Crippen LogP contribution in [0.25, 0.3) is 0 Å². The number of amides is 2. The second kappa shape index (κ2) is 7.93. The molecule has 0 aliphatic rings. The van der Waals surface area contributed by atoms with Crippen molar-refractivity contribution in [3.63, 3.8) is 0 Å². The summed E-state index contributed by atoms with van der Waals surface area (Å²) in [5, 5.41) is 14.6. The number of anilines is 3. The molecule has 7 nitrogen and oxygen atoms in total. The van der Waals surface area contributed by atoms with E-state index in [2.05, 4.69) is 20.8 Å². The van der Waals surface area contributed by atoms with Gasteiger partial charge in [-0.15, -0.1) is 10.2 Å². The molecule has 0 spiro atoms. The van der Waals surface area contributed by atoms with E-state index < -0.39 is 0 Å². The molecule has 0 fully saturated rings. The molecule has 23 heavy (non-hydrogen) atoms. The van der Waals surface area contributed by atoms with Crippen molar-refractivity contribution in [3.8, 4) is 0 Å². The van der Waals surface area contributed by atoms with E-state index >= 15 is 0 Å². The number of nitrogens with one attached hydrogen (secondary N) is 2. The molecule has 0 aliphatic heterocycles. The predicted molar refractivity (Wildman–Crippen MR) is 93.4 cm³/mol. The fourth-order valence-corrected chi connectivity index (χ4v) is 3.32. The Morgan fingerprint density at radius 1 is 1.26 bits per heavy atom. The highest BCUT2D eigenvalue weighted by Gasteiger charge is 2.09. The first-order chi connectivity index (χ1) is 10.9. The Morgan fingerprint density at radius 3 is 2.70 bits per heavy atom. The molecule has 0 atom stereocenters. The fourth-order valence-electron chi connectivity index (χ4n) is 1.57. The lowest BCUT2D eigenvalue weighted by Gasteiger charge is -2.07.